The van der Waals surface area contributed by atoms with Crippen LogP contribution < -0.4 is 9.47 Å². The van der Waals surface area contributed by atoms with Gasteiger partial charge in [0.2, 0.25) is 0 Å². The van der Waals surface area contributed by atoms with Crippen LogP contribution in [0, 0.1) is 0 Å². The molecule has 1 aromatic carbocycles. The molecule has 1 aliphatic rings. The predicted octanol–water partition coefficient (Wildman–Crippen LogP) is 2.36. The maximum absolute atomic E-state index is 9.51. The van der Waals surface area contributed by atoms with E-state index in [1.54, 1.807) is 20.4 Å². The van der Waals surface area contributed by atoms with Crippen LogP contribution in [0.1, 0.15) is 11.5 Å². The third-order valence-corrected chi connectivity index (χ3v) is 3.90. The first-order valence-corrected chi connectivity index (χ1v) is 7.19. The molecular formula is C16H18BNO4. The lowest BCUT2D eigenvalue weighted by atomic mass is 9.79. The minimum atomic E-state index is -0.656. The molecule has 5 nitrogen and oxygen atoms in total. The number of hydrogen-bond donors (Lipinski definition) is 1. The minimum absolute atomic E-state index is 0.225. The Balaban J connectivity index is 1.92. The van der Waals surface area contributed by atoms with Crippen molar-refractivity contribution in [1.82, 2.24) is 4.98 Å². The summed E-state index contributed by atoms with van der Waals surface area (Å²) in [6, 6.07) is 10.1. The lowest BCUT2D eigenvalue weighted by molar-refractivity contribution is 0.292. The largest absolute Gasteiger partial charge is 0.491 e. The summed E-state index contributed by atoms with van der Waals surface area (Å²) in [4.78, 5) is 4.27. The van der Waals surface area contributed by atoms with Gasteiger partial charge in [-0.05, 0) is 23.5 Å². The van der Waals surface area contributed by atoms with Gasteiger partial charge in [0.15, 0.2) is 5.75 Å². The second kappa shape index (κ2) is 6.38. The zero-order valence-corrected chi connectivity index (χ0v) is 12.7. The van der Waals surface area contributed by atoms with Crippen molar-refractivity contribution in [3.63, 3.8) is 0 Å². The number of hydrogen-bond acceptors (Lipinski definition) is 5. The SMILES string of the molecule is COc1cc(-c2cccc([C@H]3COB(O)C3)c2)cnc1OC. The number of benzene rings is 1. The van der Waals surface area contributed by atoms with Crippen molar-refractivity contribution < 1.29 is 19.2 Å². The van der Waals surface area contributed by atoms with Gasteiger partial charge in [-0.1, -0.05) is 24.3 Å². The van der Waals surface area contributed by atoms with Gasteiger partial charge in [-0.3, -0.25) is 0 Å². The molecule has 1 atom stereocenters. The van der Waals surface area contributed by atoms with Crippen LogP contribution in [0.15, 0.2) is 36.5 Å². The molecule has 0 unspecified atom stereocenters. The van der Waals surface area contributed by atoms with E-state index in [0.717, 1.165) is 16.7 Å². The molecular weight excluding hydrogens is 281 g/mol. The number of pyridine rings is 1. The summed E-state index contributed by atoms with van der Waals surface area (Å²) < 4.78 is 15.7. The lowest BCUT2D eigenvalue weighted by Gasteiger charge is -2.12. The highest BCUT2D eigenvalue weighted by molar-refractivity contribution is 6.43. The zero-order chi connectivity index (χ0) is 15.5. The van der Waals surface area contributed by atoms with Gasteiger partial charge in [0.25, 0.3) is 5.88 Å². The van der Waals surface area contributed by atoms with Crippen molar-refractivity contribution >= 4 is 7.12 Å². The summed E-state index contributed by atoms with van der Waals surface area (Å²) in [5.41, 5.74) is 3.16. The molecule has 22 heavy (non-hydrogen) atoms. The van der Waals surface area contributed by atoms with E-state index < -0.39 is 7.12 Å². The van der Waals surface area contributed by atoms with E-state index in [4.69, 9.17) is 14.1 Å². The van der Waals surface area contributed by atoms with Gasteiger partial charge in [0.1, 0.15) is 0 Å². The lowest BCUT2D eigenvalue weighted by Crippen LogP contribution is -2.07. The zero-order valence-electron chi connectivity index (χ0n) is 12.7. The average molecular weight is 299 g/mol. The van der Waals surface area contributed by atoms with Crippen molar-refractivity contribution in [2.45, 2.75) is 12.2 Å². The van der Waals surface area contributed by atoms with E-state index in [-0.39, 0.29) is 5.92 Å². The Kier molecular flexibility index (Phi) is 4.31. The van der Waals surface area contributed by atoms with Gasteiger partial charge >= 0.3 is 7.12 Å². The summed E-state index contributed by atoms with van der Waals surface area (Å²) >= 11 is 0. The van der Waals surface area contributed by atoms with Crippen LogP contribution in [-0.4, -0.2) is 38.0 Å². The number of aromatic nitrogens is 1. The fourth-order valence-corrected chi connectivity index (χ4v) is 2.70. The normalized spacial score (nSPS) is 17.6. The Labute approximate surface area is 130 Å². The smallest absolute Gasteiger partial charge is 0.454 e. The summed E-state index contributed by atoms with van der Waals surface area (Å²) in [6.45, 7) is 0.550. The highest BCUT2D eigenvalue weighted by Crippen LogP contribution is 2.33. The molecule has 1 saturated heterocycles. The molecule has 0 saturated carbocycles. The Bertz CT molecular complexity index is 664. The first-order chi connectivity index (χ1) is 10.7. The molecule has 1 N–H and O–H groups in total. The van der Waals surface area contributed by atoms with Crippen LogP contribution in [0.5, 0.6) is 11.6 Å². The summed E-state index contributed by atoms with van der Waals surface area (Å²) in [5, 5.41) is 9.51. The Morgan fingerprint density at radius 3 is 2.77 bits per heavy atom. The van der Waals surface area contributed by atoms with Gasteiger partial charge in [0.05, 0.1) is 14.2 Å². The van der Waals surface area contributed by atoms with Crippen LogP contribution in [-0.2, 0) is 4.65 Å². The molecule has 114 valence electrons. The molecule has 1 fully saturated rings. The molecule has 0 aliphatic carbocycles. The Morgan fingerprint density at radius 2 is 2.09 bits per heavy atom. The highest BCUT2D eigenvalue weighted by Gasteiger charge is 2.29. The van der Waals surface area contributed by atoms with E-state index >= 15 is 0 Å². The fourth-order valence-electron chi connectivity index (χ4n) is 2.70. The molecule has 0 amide bonds. The standard InChI is InChI=1S/C16H18BNO4/c1-20-15-7-13(9-18-16(15)21-2)11-4-3-5-12(6-11)14-8-17(19)22-10-14/h3-7,9,14,19H,8,10H2,1-2H3/t14-/m1/s1. The molecule has 6 heteroatoms. The number of ether oxygens (including phenoxy) is 2. The monoisotopic (exact) mass is 299 g/mol. The molecule has 0 spiro atoms. The second-order valence-electron chi connectivity index (χ2n) is 5.28. The van der Waals surface area contributed by atoms with E-state index in [2.05, 4.69) is 17.1 Å². The molecule has 3 rings (SSSR count). The van der Waals surface area contributed by atoms with Gasteiger partial charge in [-0.25, -0.2) is 4.98 Å². The second-order valence-corrected chi connectivity index (χ2v) is 5.28. The van der Waals surface area contributed by atoms with Crippen LogP contribution >= 0.6 is 0 Å². The van der Waals surface area contributed by atoms with Gasteiger partial charge in [-0.15, -0.1) is 0 Å². The third-order valence-electron chi connectivity index (χ3n) is 3.90. The van der Waals surface area contributed by atoms with Crippen LogP contribution in [0.25, 0.3) is 11.1 Å². The summed E-state index contributed by atoms with van der Waals surface area (Å²) in [5.74, 6) is 1.29. The quantitative estimate of drug-likeness (QED) is 0.878. The molecule has 1 aromatic heterocycles. The first kappa shape index (κ1) is 14.9. The molecule has 2 heterocycles. The van der Waals surface area contributed by atoms with Crippen molar-refractivity contribution in [2.75, 3.05) is 20.8 Å². The van der Waals surface area contributed by atoms with Gasteiger partial charge in [0, 0.05) is 24.3 Å². The minimum Gasteiger partial charge on any atom is -0.491 e. The number of nitrogens with zero attached hydrogens (tertiary/aromatic N) is 1. The Hall–Kier alpha value is -2.05. The fraction of sp³-hybridized carbons (Fsp3) is 0.312. The van der Waals surface area contributed by atoms with Crippen molar-refractivity contribution in [3.05, 3.63) is 42.1 Å². The molecule has 2 aromatic rings. The maximum atomic E-state index is 9.51. The third kappa shape index (κ3) is 2.93. The maximum Gasteiger partial charge on any atom is 0.454 e. The van der Waals surface area contributed by atoms with Crippen molar-refractivity contribution in [2.24, 2.45) is 0 Å². The van der Waals surface area contributed by atoms with Gasteiger partial charge < -0.3 is 19.2 Å². The number of methoxy groups -OCH3 is 2. The number of rotatable bonds is 4. The van der Waals surface area contributed by atoms with Crippen molar-refractivity contribution in [3.8, 4) is 22.8 Å². The highest BCUT2D eigenvalue weighted by atomic mass is 16.5. The van der Waals surface area contributed by atoms with Crippen molar-refractivity contribution in [1.29, 1.82) is 0 Å². The van der Waals surface area contributed by atoms with Gasteiger partial charge in [-0.2, -0.15) is 0 Å². The summed E-state index contributed by atoms with van der Waals surface area (Å²) in [6.07, 6.45) is 2.40. The van der Waals surface area contributed by atoms with Crippen LogP contribution in [0.4, 0.5) is 0 Å². The molecule has 1 aliphatic heterocycles. The average Bonchev–Trinajstić information content (AvgIpc) is 3.01. The van der Waals surface area contributed by atoms with Crippen LogP contribution in [0.2, 0.25) is 6.32 Å². The molecule has 0 bridgehead atoms. The van der Waals surface area contributed by atoms with E-state index in [1.807, 2.05) is 18.2 Å². The van der Waals surface area contributed by atoms with E-state index in [0.29, 0.717) is 24.6 Å². The van der Waals surface area contributed by atoms with E-state index in [9.17, 15) is 5.02 Å². The van der Waals surface area contributed by atoms with Crippen LogP contribution in [0.3, 0.4) is 0 Å². The molecule has 0 radical (unpaired) electrons. The van der Waals surface area contributed by atoms with E-state index in [1.165, 1.54) is 0 Å². The Morgan fingerprint density at radius 1 is 1.23 bits per heavy atom. The summed E-state index contributed by atoms with van der Waals surface area (Å²) in [7, 11) is 2.50. The predicted molar refractivity (Wildman–Crippen MR) is 84.2 cm³/mol. The topological polar surface area (TPSA) is 60.8 Å². The first-order valence-electron chi connectivity index (χ1n) is 7.19.